The van der Waals surface area contributed by atoms with Crippen LogP contribution >= 0.6 is 11.6 Å². The van der Waals surface area contributed by atoms with Crippen LogP contribution in [0.1, 0.15) is 51.0 Å². The van der Waals surface area contributed by atoms with Crippen LogP contribution in [-0.2, 0) is 6.54 Å². The van der Waals surface area contributed by atoms with E-state index in [0.29, 0.717) is 12.1 Å². The van der Waals surface area contributed by atoms with Gasteiger partial charge in [-0.15, -0.1) is 0 Å². The average molecular weight is 308 g/mol. The molecule has 0 atom stereocenters. The third kappa shape index (κ3) is 3.89. The first-order chi connectivity index (χ1) is 10.1. The third-order valence-electron chi connectivity index (χ3n) is 4.97. The van der Waals surface area contributed by atoms with Crippen molar-refractivity contribution in [3.63, 3.8) is 0 Å². The monoisotopic (exact) mass is 307 g/mol. The summed E-state index contributed by atoms with van der Waals surface area (Å²) in [4.78, 5) is 6.89. The van der Waals surface area contributed by atoms with Crippen molar-refractivity contribution in [1.82, 2.24) is 10.3 Å². The van der Waals surface area contributed by atoms with E-state index in [1.807, 2.05) is 6.20 Å². The average Bonchev–Trinajstić information content (AvgIpc) is 3.31. The van der Waals surface area contributed by atoms with E-state index < -0.39 is 0 Å². The Labute approximate surface area is 133 Å². The molecule has 0 amide bonds. The van der Waals surface area contributed by atoms with Crippen molar-refractivity contribution >= 4 is 17.4 Å². The summed E-state index contributed by atoms with van der Waals surface area (Å²) in [6, 6.07) is 3.49. The molecule has 2 saturated carbocycles. The lowest BCUT2D eigenvalue weighted by atomic mass is 9.87. The number of nitrogens with zero attached hydrogens (tertiary/aromatic N) is 2. The zero-order chi connectivity index (χ0) is 14.8. The molecule has 0 saturated heterocycles. The molecule has 1 N–H and O–H groups in total. The molecular formula is C17H26ClN3. The molecule has 21 heavy (non-hydrogen) atoms. The lowest BCUT2D eigenvalue weighted by molar-refractivity contribution is 0.340. The maximum atomic E-state index is 6.29. The van der Waals surface area contributed by atoms with E-state index in [4.69, 9.17) is 11.6 Å². The fraction of sp³-hybridized carbons (Fsp3) is 0.706. The Bertz CT molecular complexity index is 479. The summed E-state index contributed by atoms with van der Waals surface area (Å²) in [7, 11) is 2.18. The largest absolute Gasteiger partial charge is 0.357 e. The van der Waals surface area contributed by atoms with E-state index in [0.717, 1.165) is 23.3 Å². The molecule has 4 heteroatoms. The topological polar surface area (TPSA) is 28.2 Å². The summed E-state index contributed by atoms with van der Waals surface area (Å²) in [5, 5.41) is 4.31. The fourth-order valence-corrected chi connectivity index (χ4v) is 3.32. The molecular weight excluding hydrogens is 282 g/mol. The van der Waals surface area contributed by atoms with Crippen LogP contribution in [0.5, 0.6) is 0 Å². The van der Waals surface area contributed by atoms with Gasteiger partial charge in [0.15, 0.2) is 0 Å². The Kier molecular flexibility index (Phi) is 4.70. The van der Waals surface area contributed by atoms with E-state index >= 15 is 0 Å². The van der Waals surface area contributed by atoms with Gasteiger partial charge in [-0.05, 0) is 56.1 Å². The molecule has 116 valence electrons. The molecule has 1 aromatic heterocycles. The molecule has 0 bridgehead atoms. The molecule has 0 radical (unpaired) electrons. The zero-order valence-electron chi connectivity index (χ0n) is 13.1. The second kappa shape index (κ2) is 6.53. The van der Waals surface area contributed by atoms with Crippen molar-refractivity contribution < 1.29 is 0 Å². The molecule has 3 rings (SSSR count). The summed E-state index contributed by atoms with van der Waals surface area (Å²) in [5.41, 5.74) is 1.17. The van der Waals surface area contributed by atoms with Crippen molar-refractivity contribution in [2.24, 2.45) is 5.92 Å². The van der Waals surface area contributed by atoms with Gasteiger partial charge in [0.25, 0.3) is 0 Å². The number of hydrogen-bond donors (Lipinski definition) is 1. The first-order valence-corrected chi connectivity index (χ1v) is 8.62. The number of aromatic nitrogens is 1. The Balaban J connectivity index is 1.67. The van der Waals surface area contributed by atoms with Gasteiger partial charge in [0.2, 0.25) is 0 Å². The standard InChI is InChI=1S/C17H26ClN3/c1-12-3-7-15(8-4-12)21(2)17-9-13(16(18)11-20-17)10-19-14-5-6-14/h9,11-12,14-15,19H,3-8,10H2,1-2H3. The number of pyridine rings is 1. The van der Waals surface area contributed by atoms with Crippen LogP contribution in [0.2, 0.25) is 5.02 Å². The predicted octanol–water partition coefficient (Wildman–Crippen LogP) is 4.00. The van der Waals surface area contributed by atoms with Crippen LogP contribution in [-0.4, -0.2) is 24.1 Å². The van der Waals surface area contributed by atoms with Crippen molar-refractivity contribution in [3.8, 4) is 0 Å². The van der Waals surface area contributed by atoms with Gasteiger partial charge in [0, 0.05) is 31.9 Å². The maximum Gasteiger partial charge on any atom is 0.128 e. The summed E-state index contributed by atoms with van der Waals surface area (Å²) >= 11 is 6.29. The molecule has 2 aliphatic rings. The summed E-state index contributed by atoms with van der Waals surface area (Å²) in [6.45, 7) is 3.22. The lowest BCUT2D eigenvalue weighted by Gasteiger charge is -2.34. The second-order valence-electron chi connectivity index (χ2n) is 6.81. The van der Waals surface area contributed by atoms with Crippen LogP contribution in [0.4, 0.5) is 5.82 Å². The number of halogens is 1. The highest BCUT2D eigenvalue weighted by atomic mass is 35.5. The first-order valence-electron chi connectivity index (χ1n) is 8.24. The van der Waals surface area contributed by atoms with Crippen molar-refractivity contribution in [1.29, 1.82) is 0 Å². The molecule has 2 aliphatic carbocycles. The third-order valence-corrected chi connectivity index (χ3v) is 5.31. The molecule has 0 unspecified atom stereocenters. The van der Waals surface area contributed by atoms with E-state index in [1.54, 1.807) is 0 Å². The maximum absolute atomic E-state index is 6.29. The minimum Gasteiger partial charge on any atom is -0.357 e. The zero-order valence-corrected chi connectivity index (χ0v) is 13.9. The molecule has 3 nitrogen and oxygen atoms in total. The SMILES string of the molecule is CC1CCC(N(C)c2cc(CNC3CC3)c(Cl)cn2)CC1. The van der Waals surface area contributed by atoms with Gasteiger partial charge in [-0.2, -0.15) is 0 Å². The van der Waals surface area contributed by atoms with Gasteiger partial charge in [-0.1, -0.05) is 18.5 Å². The van der Waals surface area contributed by atoms with Gasteiger partial charge in [0.1, 0.15) is 5.82 Å². The van der Waals surface area contributed by atoms with Gasteiger partial charge < -0.3 is 10.2 Å². The fourth-order valence-electron chi connectivity index (χ4n) is 3.15. The summed E-state index contributed by atoms with van der Waals surface area (Å²) in [5.74, 6) is 1.94. The minimum absolute atomic E-state index is 0.624. The minimum atomic E-state index is 0.624. The molecule has 0 aliphatic heterocycles. The van der Waals surface area contributed by atoms with Crippen LogP contribution < -0.4 is 10.2 Å². The second-order valence-corrected chi connectivity index (χ2v) is 7.22. The van der Waals surface area contributed by atoms with E-state index in [9.17, 15) is 0 Å². The van der Waals surface area contributed by atoms with Gasteiger partial charge >= 0.3 is 0 Å². The van der Waals surface area contributed by atoms with Crippen LogP contribution in [0.15, 0.2) is 12.3 Å². The molecule has 2 fully saturated rings. The quantitative estimate of drug-likeness (QED) is 0.891. The number of hydrogen-bond acceptors (Lipinski definition) is 3. The predicted molar refractivity (Wildman–Crippen MR) is 88.9 cm³/mol. The molecule has 1 heterocycles. The highest BCUT2D eigenvalue weighted by Gasteiger charge is 2.24. The Morgan fingerprint density at radius 1 is 1.24 bits per heavy atom. The highest BCUT2D eigenvalue weighted by Crippen LogP contribution is 2.30. The van der Waals surface area contributed by atoms with Gasteiger partial charge in [-0.3, -0.25) is 0 Å². The highest BCUT2D eigenvalue weighted by molar-refractivity contribution is 6.31. The van der Waals surface area contributed by atoms with Crippen LogP contribution in [0.3, 0.4) is 0 Å². The number of rotatable bonds is 5. The Morgan fingerprint density at radius 3 is 2.62 bits per heavy atom. The van der Waals surface area contributed by atoms with E-state index in [1.165, 1.54) is 44.1 Å². The molecule has 0 spiro atoms. The summed E-state index contributed by atoms with van der Waals surface area (Å²) in [6.07, 6.45) is 9.63. The molecule has 0 aromatic carbocycles. The first kappa shape index (κ1) is 15.1. The van der Waals surface area contributed by atoms with E-state index in [-0.39, 0.29) is 0 Å². The van der Waals surface area contributed by atoms with Crippen LogP contribution in [0, 0.1) is 5.92 Å². The van der Waals surface area contributed by atoms with E-state index in [2.05, 4.69) is 35.2 Å². The van der Waals surface area contributed by atoms with Crippen molar-refractivity contribution in [3.05, 3.63) is 22.8 Å². The van der Waals surface area contributed by atoms with Crippen LogP contribution in [0.25, 0.3) is 0 Å². The Morgan fingerprint density at radius 2 is 1.95 bits per heavy atom. The smallest absolute Gasteiger partial charge is 0.128 e. The van der Waals surface area contributed by atoms with Crippen molar-refractivity contribution in [2.75, 3.05) is 11.9 Å². The van der Waals surface area contributed by atoms with Gasteiger partial charge in [-0.25, -0.2) is 4.98 Å². The number of nitrogens with one attached hydrogen (secondary N) is 1. The molecule has 1 aromatic rings. The Hall–Kier alpha value is -0.800. The van der Waals surface area contributed by atoms with Gasteiger partial charge in [0.05, 0.1) is 5.02 Å². The summed E-state index contributed by atoms with van der Waals surface area (Å²) < 4.78 is 0. The lowest BCUT2D eigenvalue weighted by Crippen LogP contribution is -2.35. The number of anilines is 1. The van der Waals surface area contributed by atoms with Crippen molar-refractivity contribution in [2.45, 2.75) is 64.1 Å². The normalized spacial score (nSPS) is 25.9.